The molecule has 0 aliphatic carbocycles. The van der Waals surface area contributed by atoms with Crippen molar-refractivity contribution in [3.05, 3.63) is 168 Å². The number of likely N-dealkylation sites (tertiary alicyclic amines) is 2. The number of anilines is 2. The van der Waals surface area contributed by atoms with Gasteiger partial charge in [-0.05, 0) is 86.1 Å². The van der Waals surface area contributed by atoms with Crippen LogP contribution in [-0.4, -0.2) is 107 Å². The number of hydrogen-bond donors (Lipinski definition) is 3. The summed E-state index contributed by atoms with van der Waals surface area (Å²) in [6.07, 6.45) is 6.62. The van der Waals surface area contributed by atoms with Gasteiger partial charge in [-0.25, -0.2) is 0 Å². The van der Waals surface area contributed by atoms with E-state index in [2.05, 4.69) is 46.2 Å². The van der Waals surface area contributed by atoms with Crippen molar-refractivity contribution < 1.29 is 29.7 Å². The molecule has 5 aromatic rings. The van der Waals surface area contributed by atoms with E-state index in [-0.39, 0.29) is 11.8 Å². The van der Waals surface area contributed by atoms with Gasteiger partial charge in [-0.2, -0.15) is 0 Å². The van der Waals surface area contributed by atoms with Gasteiger partial charge in [0.15, 0.2) is 0 Å². The van der Waals surface area contributed by atoms with Gasteiger partial charge in [-0.15, -0.1) is 0 Å². The van der Waals surface area contributed by atoms with Crippen molar-refractivity contribution >= 4 is 29.5 Å². The first-order chi connectivity index (χ1) is 31.1. The minimum Gasteiger partial charge on any atom is -0.400 e. The summed E-state index contributed by atoms with van der Waals surface area (Å²) in [5.74, 6) is 0.0980. The number of aldehydes is 1. The second kappa shape index (κ2) is 27.6. The van der Waals surface area contributed by atoms with Gasteiger partial charge in [0.1, 0.15) is 6.29 Å². The predicted molar refractivity (Wildman–Crippen MR) is 259 cm³/mol. The Labute approximate surface area is 381 Å². The summed E-state index contributed by atoms with van der Waals surface area (Å²) in [4.78, 5) is 43.1. The smallest absolute Gasteiger partial charge is 0.226 e. The Hall–Kier alpha value is -5.49. The highest BCUT2D eigenvalue weighted by atomic mass is 16.3. The normalized spacial score (nSPS) is 18.3. The first-order valence-electron chi connectivity index (χ1n) is 22.7. The quantitative estimate of drug-likeness (QED) is 0.0906. The number of benzene rings is 5. The number of piperidine rings is 2. The first kappa shape index (κ1) is 51.1. The van der Waals surface area contributed by atoms with Gasteiger partial charge in [0.25, 0.3) is 0 Å². The van der Waals surface area contributed by atoms with Crippen LogP contribution in [0.1, 0.15) is 69.1 Å². The zero-order chi connectivity index (χ0) is 46.0. The van der Waals surface area contributed by atoms with Crippen LogP contribution in [0.3, 0.4) is 0 Å². The number of amides is 2. The van der Waals surface area contributed by atoms with Crippen LogP contribution in [-0.2, 0) is 33.8 Å². The second-order valence-electron chi connectivity index (χ2n) is 16.6. The molecule has 0 spiro atoms. The molecule has 10 heteroatoms. The highest BCUT2D eigenvalue weighted by Gasteiger charge is 2.37. The number of para-hydroxylation sites is 2. The van der Waals surface area contributed by atoms with Crippen LogP contribution in [0, 0.1) is 0 Å². The zero-order valence-electron chi connectivity index (χ0n) is 38.2. The van der Waals surface area contributed by atoms with Crippen molar-refractivity contribution in [2.24, 2.45) is 0 Å². The number of rotatable bonds is 15. The fourth-order valence-electron chi connectivity index (χ4n) is 8.31. The average Bonchev–Trinajstić information content (AvgIpc) is 3.34. The molecule has 5 aromatic carbocycles. The molecule has 0 radical (unpaired) electrons. The number of nitrogens with zero attached hydrogens (tertiary/aromatic N) is 4. The Morgan fingerprint density at radius 1 is 0.562 bits per heavy atom. The van der Waals surface area contributed by atoms with Crippen molar-refractivity contribution in [1.29, 1.82) is 0 Å². The monoisotopic (exact) mass is 871 g/mol. The van der Waals surface area contributed by atoms with E-state index < -0.39 is 11.2 Å². The Morgan fingerprint density at radius 3 is 1.36 bits per heavy atom. The van der Waals surface area contributed by atoms with E-state index in [4.69, 9.17) is 5.11 Å². The summed E-state index contributed by atoms with van der Waals surface area (Å²) in [5, 5.41) is 29.5. The molecule has 2 heterocycles. The van der Waals surface area contributed by atoms with E-state index in [1.807, 2.05) is 129 Å². The molecule has 2 fully saturated rings. The SMILES string of the molecule is CCC(=O)N(CC1(O)CCCN(CCc2ccccc2)C1)c1ccccc1.CCC(=O)N(CC1(O)CCCN(Cc2ccccc2)C1)c1ccccc1.CO.O=CCc1ccccc1. The molecule has 2 amide bonds. The third-order valence-electron chi connectivity index (χ3n) is 11.5. The summed E-state index contributed by atoms with van der Waals surface area (Å²) in [6, 6.07) is 49.8. The lowest BCUT2D eigenvalue weighted by Gasteiger charge is -2.42. The van der Waals surface area contributed by atoms with Crippen LogP contribution in [0.2, 0.25) is 0 Å². The van der Waals surface area contributed by atoms with Gasteiger partial charge >= 0.3 is 0 Å². The minimum absolute atomic E-state index is 0.0461. The lowest BCUT2D eigenvalue weighted by molar-refractivity contribution is -0.120. The van der Waals surface area contributed by atoms with Crippen LogP contribution in [0.5, 0.6) is 0 Å². The summed E-state index contributed by atoms with van der Waals surface area (Å²) in [5.41, 5.74) is 3.61. The van der Waals surface area contributed by atoms with Gasteiger partial charge in [-0.1, -0.05) is 141 Å². The van der Waals surface area contributed by atoms with Gasteiger partial charge in [-0.3, -0.25) is 14.5 Å². The standard InChI is InChI=1S/C23H30N2O2.C22H28N2O2.C8H8O.CH4O/c1-2-22(26)25(21-12-7-4-8-13-21)19-23(27)15-9-16-24(18-23)17-14-20-10-5-3-6-11-20;1-2-21(25)24(20-12-7-4-8-13-20)18-22(26)14-9-15-23(17-22)16-19-10-5-3-6-11-19;9-7-6-8-4-2-1-3-5-8;1-2/h3-8,10-13,27H,2,9,14-19H2,1H3;3-8,10-13,26H,2,9,14-18H2,1H3;1-5,7H,6H2;2H,1H3. The molecule has 2 saturated heterocycles. The number of carbonyl (C=O) groups excluding carboxylic acids is 3. The molecule has 64 heavy (non-hydrogen) atoms. The third kappa shape index (κ3) is 17.2. The van der Waals surface area contributed by atoms with E-state index >= 15 is 0 Å². The fourth-order valence-corrected chi connectivity index (χ4v) is 8.31. The van der Waals surface area contributed by atoms with Crippen molar-refractivity contribution in [3.8, 4) is 0 Å². The maximum absolute atomic E-state index is 12.5. The van der Waals surface area contributed by atoms with Gasteiger partial charge < -0.3 is 34.8 Å². The van der Waals surface area contributed by atoms with E-state index in [1.54, 1.807) is 9.80 Å². The molecule has 0 saturated carbocycles. The maximum atomic E-state index is 12.5. The highest BCUT2D eigenvalue weighted by molar-refractivity contribution is 5.94. The van der Waals surface area contributed by atoms with Crippen molar-refractivity contribution in [1.82, 2.24) is 9.80 Å². The molecular weight excluding hydrogens is 801 g/mol. The molecular formula is C54H70N4O6. The molecule has 10 nitrogen and oxygen atoms in total. The van der Waals surface area contributed by atoms with E-state index in [9.17, 15) is 24.6 Å². The maximum Gasteiger partial charge on any atom is 0.226 e. The summed E-state index contributed by atoms with van der Waals surface area (Å²) in [6.45, 7) is 9.37. The summed E-state index contributed by atoms with van der Waals surface area (Å²) in [7, 11) is 1.00. The van der Waals surface area contributed by atoms with Crippen molar-refractivity contribution in [2.45, 2.75) is 83.0 Å². The molecule has 2 atom stereocenters. The van der Waals surface area contributed by atoms with Crippen LogP contribution in [0.25, 0.3) is 0 Å². The first-order valence-corrected chi connectivity index (χ1v) is 22.7. The van der Waals surface area contributed by atoms with E-state index in [0.717, 1.165) is 88.6 Å². The van der Waals surface area contributed by atoms with Gasteiger partial charge in [0.05, 0.1) is 24.3 Å². The summed E-state index contributed by atoms with van der Waals surface area (Å²) >= 11 is 0. The number of carbonyl (C=O) groups is 3. The molecule has 0 bridgehead atoms. The molecule has 2 unspecified atom stereocenters. The Bertz CT molecular complexity index is 2040. The predicted octanol–water partition coefficient (Wildman–Crippen LogP) is 7.99. The third-order valence-corrected chi connectivity index (χ3v) is 11.5. The van der Waals surface area contributed by atoms with Crippen molar-refractivity contribution in [2.75, 3.05) is 62.7 Å². The lowest BCUT2D eigenvalue weighted by Crippen LogP contribution is -2.55. The Kier molecular flexibility index (Phi) is 22.1. The largest absolute Gasteiger partial charge is 0.400 e. The average molecular weight is 871 g/mol. The minimum atomic E-state index is -0.881. The second-order valence-corrected chi connectivity index (χ2v) is 16.6. The van der Waals surface area contributed by atoms with Crippen LogP contribution < -0.4 is 9.80 Å². The van der Waals surface area contributed by atoms with Crippen LogP contribution >= 0.6 is 0 Å². The molecule has 342 valence electrons. The zero-order valence-corrected chi connectivity index (χ0v) is 38.2. The molecule has 2 aliphatic rings. The number of aliphatic hydroxyl groups is 3. The van der Waals surface area contributed by atoms with Gasteiger partial charge in [0, 0.05) is 63.9 Å². The van der Waals surface area contributed by atoms with Crippen LogP contribution in [0.15, 0.2) is 152 Å². The summed E-state index contributed by atoms with van der Waals surface area (Å²) < 4.78 is 0. The van der Waals surface area contributed by atoms with Gasteiger partial charge in [0.2, 0.25) is 11.8 Å². The topological polar surface area (TPSA) is 125 Å². The van der Waals surface area contributed by atoms with Crippen molar-refractivity contribution in [3.63, 3.8) is 0 Å². The number of hydrogen-bond acceptors (Lipinski definition) is 8. The molecule has 0 aromatic heterocycles. The van der Waals surface area contributed by atoms with E-state index in [0.29, 0.717) is 45.4 Å². The molecule has 7 rings (SSSR count). The Morgan fingerprint density at radius 2 is 0.938 bits per heavy atom. The molecule has 3 N–H and O–H groups in total. The Balaban J connectivity index is 0.000000228. The lowest BCUT2D eigenvalue weighted by atomic mass is 9.91. The fraction of sp³-hybridized carbons (Fsp3) is 0.389. The van der Waals surface area contributed by atoms with E-state index in [1.165, 1.54) is 11.1 Å². The highest BCUT2D eigenvalue weighted by Crippen LogP contribution is 2.28. The number of aliphatic hydroxyl groups excluding tert-OH is 1. The van der Waals surface area contributed by atoms with Crippen LogP contribution in [0.4, 0.5) is 11.4 Å². The molecule has 2 aliphatic heterocycles. The number of β-amino-alcohol motifs (C(OH)–C–C–N with tert-alkyl or cyclic N) is 2.